The van der Waals surface area contributed by atoms with E-state index in [9.17, 15) is 30.0 Å². The van der Waals surface area contributed by atoms with Crippen LogP contribution in [0, 0.1) is 17.8 Å². The molecule has 6 rings (SSSR count). The normalized spacial score (nSPS) is 34.3. The Morgan fingerprint density at radius 1 is 0.753 bits per heavy atom. The molecule has 3 saturated heterocycles. The van der Waals surface area contributed by atoms with E-state index in [0.29, 0.717) is 19.5 Å². The van der Waals surface area contributed by atoms with Crippen LogP contribution in [0.25, 0.3) is 0 Å². The van der Waals surface area contributed by atoms with Crippen molar-refractivity contribution in [2.75, 3.05) is 68.8 Å². The third-order valence-corrected chi connectivity index (χ3v) is 29.5. The number of nitrogens with one attached hydrogen (secondary N) is 1. The fourth-order valence-corrected chi connectivity index (χ4v) is 21.7. The summed E-state index contributed by atoms with van der Waals surface area (Å²) < 4.78 is 62.1. The number of esters is 1. The number of carbonyl (C=O) groups is 2. The van der Waals surface area contributed by atoms with Gasteiger partial charge >= 0.3 is 247 Å². The molecule has 5 N–H and O–H groups in total. The largest absolute Gasteiger partial charge is 0.388 e. The minimum Gasteiger partial charge on any atom is -0.388 e. The molecule has 0 aliphatic carbocycles. The topological polar surface area (TPSA) is 226 Å². The van der Waals surface area contributed by atoms with E-state index in [0.717, 1.165) is 61.9 Å². The maximum absolute atomic E-state index is 14.7. The van der Waals surface area contributed by atoms with Gasteiger partial charge in [0.2, 0.25) is 0 Å². The molecule has 0 spiro atoms. The van der Waals surface area contributed by atoms with Crippen molar-refractivity contribution in [3.05, 3.63) is 72.8 Å². The number of amides is 1. The number of benzene rings is 3. The molecular weight excluding hydrogens is 1230 g/mol. The molecule has 3 aliphatic rings. The number of nitrogens with zero attached hydrogens (tertiary/aromatic N) is 2. The number of hydrogen-bond acceptors (Lipinski definition) is 18. The number of rotatable bonds is 23. The molecule has 0 radical (unpaired) electrons. The first kappa shape index (κ1) is 74.3. The second-order valence-electron chi connectivity index (χ2n) is 26.6. The molecule has 3 aliphatic heterocycles. The minimum atomic E-state index is -3.26. The molecule has 0 bridgehead atoms. The average Bonchev–Trinajstić information content (AvgIpc) is 0.752. The predicted molar refractivity (Wildman–Crippen MR) is 353 cm³/mol. The molecule has 0 aromatic heterocycles. The summed E-state index contributed by atoms with van der Waals surface area (Å²) in [6, 6.07) is 24.3. The summed E-state index contributed by atoms with van der Waals surface area (Å²) >= 11 is 4.59. The zero-order chi connectivity index (χ0) is 65.8. The molecule has 3 aromatic rings. The molecule has 504 valence electrons. The molecule has 19 nitrogen and oxygen atoms in total. The van der Waals surface area contributed by atoms with Gasteiger partial charge in [-0.25, -0.2) is 0 Å². The van der Waals surface area contributed by atoms with Crippen molar-refractivity contribution >= 4 is 48.8 Å². The number of unbranched alkanes of at least 4 members (excludes halogenated alkanes) is 5. The molecule has 18 atom stereocenters. The minimum absolute atomic E-state index is 0.0596. The molecular formula is C68H109BrN3O16P. The zero-order valence-corrected chi connectivity index (χ0v) is 58.7. The Morgan fingerprint density at radius 2 is 1.27 bits per heavy atom. The second-order valence-corrected chi connectivity index (χ2v) is 35.7. The van der Waals surface area contributed by atoms with Gasteiger partial charge in [-0.05, 0) is 94.8 Å². The maximum Gasteiger partial charge on any atom is 0.185 e. The van der Waals surface area contributed by atoms with Crippen LogP contribution in [0.1, 0.15) is 133 Å². The van der Waals surface area contributed by atoms with Gasteiger partial charge in [0.1, 0.15) is 29.5 Å². The number of methoxy groups -OCH3 is 4. The van der Waals surface area contributed by atoms with E-state index >= 15 is 0 Å². The van der Waals surface area contributed by atoms with Gasteiger partial charge in [-0.1, -0.05) is 20.8 Å². The Labute approximate surface area is 539 Å². The number of cyclic esters (lactones) is 1. The summed E-state index contributed by atoms with van der Waals surface area (Å²) in [7, 11) is 12.2. The van der Waals surface area contributed by atoms with Gasteiger partial charge in [0.15, 0.2) is 12.6 Å². The van der Waals surface area contributed by atoms with Crippen molar-refractivity contribution in [2.45, 2.75) is 224 Å². The van der Waals surface area contributed by atoms with Gasteiger partial charge < -0.3 is 58.6 Å². The van der Waals surface area contributed by atoms with Crippen molar-refractivity contribution in [2.24, 2.45) is 17.8 Å². The van der Waals surface area contributed by atoms with Gasteiger partial charge in [0.25, 0.3) is 0 Å². The van der Waals surface area contributed by atoms with Crippen LogP contribution in [-0.2, 0) is 38.0 Å². The van der Waals surface area contributed by atoms with Gasteiger partial charge in [0, 0.05) is 38.1 Å². The van der Waals surface area contributed by atoms with Crippen LogP contribution < -0.4 is 35.4 Å². The number of ether oxygens (including phenoxy) is 10. The standard InChI is InChI=1S/C68H109BrN3O16P/c1-18-56-68(10,78)60(74)47(6)72(13)42-43(2)40-66(8,77)61(87-64-58(73)55(71(11)12)39-44(3)83-64)45(4)59(46(5)63(75)85-56)86-57-41-67(9,82-17)62(48(7)84-57)88-65(76)70-37-23-21-19-20-22-24-38-89(69,52-31-25-49(79-14)26-32-52,53-33-27-50(80-15)28-34-53)54-35-29-51(81-16)30-36-54/h25-36,43-48,55-62,64,73-74,77-78H,18-24,37-42H2,1-17H3,(H,70,76)/t43-,44-,45+,46-,47-,48+,55+,56-,57+,58-,59+,60-,61-,62+,64+,66-,67-,68-/m1/s1. The van der Waals surface area contributed by atoms with Crippen molar-refractivity contribution in [3.8, 4) is 17.2 Å². The Morgan fingerprint density at radius 3 is 1.76 bits per heavy atom. The van der Waals surface area contributed by atoms with E-state index in [1.54, 1.807) is 55.9 Å². The number of hydrogen-bond donors (Lipinski definition) is 5. The number of aliphatic hydroxyl groups excluding tert-OH is 2. The summed E-state index contributed by atoms with van der Waals surface area (Å²) in [5.74, 6) is -0.461. The maximum atomic E-state index is 14.7. The molecule has 89 heavy (non-hydrogen) atoms. The molecule has 3 heterocycles. The number of halogens is 1. The number of likely N-dealkylation sites (N-methyl/N-ethyl adjacent to an activating group) is 2. The van der Waals surface area contributed by atoms with Crippen LogP contribution in [0.3, 0.4) is 0 Å². The van der Waals surface area contributed by atoms with Crippen LogP contribution in [0.15, 0.2) is 72.8 Å². The van der Waals surface area contributed by atoms with Crippen LogP contribution in [0.2, 0.25) is 0 Å². The Kier molecular flexibility index (Phi) is 26.7. The SMILES string of the molecule is CC[C@H]1OC(=O)[C@H](C)[C@@H](O[C@H]2C[C@@](C)(OC)[C@@H](OC(=O)NCCCCCCCCP(Br)(c3ccc(OC)cc3)(c3ccc(OC)cc3)c3ccc(OC)cc3)[C@H](C)O2)[C@H](C)[C@@H](O[C@@H]2O[C@H](C)C[C@H](N(C)C)[C@H]2O)[C@](C)(O)C[C@@H](C)CN(C)[C@H](C)[C@@H](O)[C@]1(C)O. The Bertz CT molecular complexity index is 2550. The van der Waals surface area contributed by atoms with Crippen molar-refractivity contribution in [1.82, 2.24) is 15.1 Å². The third-order valence-electron chi connectivity index (χ3n) is 19.5. The van der Waals surface area contributed by atoms with Gasteiger partial charge in [0.05, 0.1) is 35.9 Å². The summed E-state index contributed by atoms with van der Waals surface area (Å²) in [5, 5.41) is 51.7. The summed E-state index contributed by atoms with van der Waals surface area (Å²) in [4.78, 5) is 32.2. The van der Waals surface area contributed by atoms with Crippen LogP contribution in [0.4, 0.5) is 4.79 Å². The quantitative estimate of drug-likeness (QED) is 0.0339. The summed E-state index contributed by atoms with van der Waals surface area (Å²) in [6.45, 7) is 18.5. The number of alkyl carbamates (subject to hydrolysis) is 1. The predicted octanol–water partition coefficient (Wildman–Crippen LogP) is 8.84. The monoisotopic (exact) mass is 1330 g/mol. The van der Waals surface area contributed by atoms with Crippen LogP contribution in [0.5, 0.6) is 17.2 Å². The second kappa shape index (κ2) is 31.9. The third kappa shape index (κ3) is 17.4. The number of carbonyl (C=O) groups excluding carboxylic acids is 2. The summed E-state index contributed by atoms with van der Waals surface area (Å²) in [5.41, 5.74) is -4.63. The Balaban J connectivity index is 1.14. The first-order chi connectivity index (χ1) is 41.9. The molecule has 21 heteroatoms. The molecule has 3 fully saturated rings. The van der Waals surface area contributed by atoms with E-state index in [-0.39, 0.29) is 37.3 Å². The van der Waals surface area contributed by atoms with E-state index < -0.39 is 107 Å². The van der Waals surface area contributed by atoms with Crippen molar-refractivity contribution in [1.29, 1.82) is 0 Å². The van der Waals surface area contributed by atoms with Crippen molar-refractivity contribution in [3.63, 3.8) is 0 Å². The molecule has 0 unspecified atom stereocenters. The first-order valence-corrected chi connectivity index (χ1v) is 36.5. The molecule has 1 amide bonds. The van der Waals surface area contributed by atoms with E-state index in [2.05, 4.69) is 57.2 Å². The fourth-order valence-electron chi connectivity index (χ4n) is 14.0. The van der Waals surface area contributed by atoms with Crippen LogP contribution >= 0.6 is 20.8 Å². The van der Waals surface area contributed by atoms with E-state index in [1.165, 1.54) is 29.9 Å². The molecule has 3 aromatic carbocycles. The van der Waals surface area contributed by atoms with E-state index in [1.807, 2.05) is 95.0 Å². The summed E-state index contributed by atoms with van der Waals surface area (Å²) in [6.07, 6.45) is -3.08. The zero-order valence-electron chi connectivity index (χ0n) is 56.2. The van der Waals surface area contributed by atoms with Crippen LogP contribution in [-0.4, -0.2) is 201 Å². The van der Waals surface area contributed by atoms with Gasteiger partial charge in [-0.15, -0.1) is 0 Å². The van der Waals surface area contributed by atoms with Gasteiger partial charge in [-0.3, -0.25) is 4.79 Å². The smallest absolute Gasteiger partial charge is 0.185 e. The average molecular weight is 1340 g/mol. The first-order valence-electron chi connectivity index (χ1n) is 32.1. The number of aliphatic hydroxyl groups is 4. The van der Waals surface area contributed by atoms with E-state index in [4.69, 9.17) is 47.4 Å². The van der Waals surface area contributed by atoms with Crippen molar-refractivity contribution < 1.29 is 77.4 Å². The van der Waals surface area contributed by atoms with Gasteiger partial charge in [-0.2, -0.15) is 0 Å². The fraction of sp³-hybridized carbons (Fsp3) is 0.706. The molecule has 0 saturated carbocycles. The Hall–Kier alpha value is -3.73.